The third kappa shape index (κ3) is 2.13. The van der Waals surface area contributed by atoms with Crippen molar-refractivity contribution >= 4 is 9.84 Å². The van der Waals surface area contributed by atoms with Gasteiger partial charge in [0.15, 0.2) is 9.84 Å². The molecule has 0 spiro atoms. The minimum absolute atomic E-state index is 0.206. The Hall–Kier alpha value is -0.870. The van der Waals surface area contributed by atoms with E-state index in [9.17, 15) is 8.42 Å². The highest BCUT2D eigenvalue weighted by molar-refractivity contribution is 7.92. The van der Waals surface area contributed by atoms with Crippen LogP contribution < -0.4 is 0 Å². The van der Waals surface area contributed by atoms with Gasteiger partial charge in [0.2, 0.25) is 0 Å². The van der Waals surface area contributed by atoms with Crippen LogP contribution in [0.15, 0.2) is 29.2 Å². The Balaban J connectivity index is 3.11. The molecule has 0 aliphatic carbocycles. The molecule has 0 aromatic heterocycles. The predicted octanol–water partition coefficient (Wildman–Crippen LogP) is 0.964. The van der Waals surface area contributed by atoms with E-state index in [0.29, 0.717) is 0 Å². The molecule has 0 aliphatic rings. The average Bonchev–Trinajstić information content (AvgIpc) is 2.17. The van der Waals surface area contributed by atoms with E-state index in [1.807, 2.05) is 6.92 Å². The van der Waals surface area contributed by atoms with Gasteiger partial charge in [0.05, 0.1) is 16.8 Å². The zero-order chi connectivity index (χ0) is 10.8. The highest BCUT2D eigenvalue weighted by Crippen LogP contribution is 2.15. The van der Waals surface area contributed by atoms with Crippen LogP contribution in [0, 0.1) is 13.8 Å². The number of hydrogen-bond acceptors (Lipinski definition) is 3. The lowest BCUT2D eigenvalue weighted by molar-refractivity contribution is 0.302. The molecule has 3 nitrogen and oxygen atoms in total. The Labute approximate surface area is 84.3 Å². The van der Waals surface area contributed by atoms with E-state index >= 15 is 0 Å². The van der Waals surface area contributed by atoms with E-state index in [4.69, 9.17) is 5.11 Å². The molecular formula is C10H13O3S. The maximum absolute atomic E-state index is 11.7. The van der Waals surface area contributed by atoms with E-state index in [2.05, 4.69) is 6.92 Å². The zero-order valence-electron chi connectivity index (χ0n) is 7.97. The van der Waals surface area contributed by atoms with Gasteiger partial charge in [-0.25, -0.2) is 8.42 Å². The molecular weight excluding hydrogens is 200 g/mol. The fourth-order valence-corrected chi connectivity index (χ4v) is 2.12. The largest absolute Gasteiger partial charge is 0.395 e. The fourth-order valence-electron chi connectivity index (χ4n) is 1.02. The molecule has 1 radical (unpaired) electrons. The third-order valence-corrected chi connectivity index (χ3v) is 3.95. The quantitative estimate of drug-likeness (QED) is 0.813. The Kier molecular flexibility index (Phi) is 3.29. The monoisotopic (exact) mass is 213 g/mol. The minimum atomic E-state index is -3.47. The Morgan fingerprint density at radius 1 is 1.36 bits per heavy atom. The maximum Gasteiger partial charge on any atom is 0.183 e. The summed E-state index contributed by atoms with van der Waals surface area (Å²) in [7, 11) is -3.47. The molecule has 1 N–H and O–H groups in total. The lowest BCUT2D eigenvalue weighted by atomic mass is 10.2. The van der Waals surface area contributed by atoms with Gasteiger partial charge in [0.25, 0.3) is 0 Å². The van der Waals surface area contributed by atoms with Crippen molar-refractivity contribution in [2.24, 2.45) is 0 Å². The summed E-state index contributed by atoms with van der Waals surface area (Å²) >= 11 is 0. The molecule has 1 aromatic rings. The lowest BCUT2D eigenvalue weighted by Crippen LogP contribution is -2.21. The van der Waals surface area contributed by atoms with Crippen molar-refractivity contribution in [3.63, 3.8) is 0 Å². The molecule has 0 aliphatic heterocycles. The van der Waals surface area contributed by atoms with E-state index in [1.165, 1.54) is 12.1 Å². The first-order valence-electron chi connectivity index (χ1n) is 4.23. The second-order valence-electron chi connectivity index (χ2n) is 3.16. The van der Waals surface area contributed by atoms with Gasteiger partial charge >= 0.3 is 0 Å². The van der Waals surface area contributed by atoms with Crippen molar-refractivity contribution in [1.82, 2.24) is 0 Å². The Morgan fingerprint density at radius 3 is 2.29 bits per heavy atom. The molecule has 1 atom stereocenters. The third-order valence-electron chi connectivity index (χ3n) is 1.99. The van der Waals surface area contributed by atoms with Gasteiger partial charge in [-0.1, -0.05) is 17.7 Å². The molecule has 1 rings (SSSR count). The van der Waals surface area contributed by atoms with Gasteiger partial charge in [0.1, 0.15) is 0 Å². The summed E-state index contributed by atoms with van der Waals surface area (Å²) in [4.78, 5) is 0.206. The van der Waals surface area contributed by atoms with Crippen LogP contribution >= 0.6 is 0 Å². The van der Waals surface area contributed by atoms with Gasteiger partial charge < -0.3 is 5.11 Å². The molecule has 1 aromatic carbocycles. The molecule has 0 amide bonds. The standard InChI is InChI=1S/C10H13O3S/c1-8-3-5-10(6-4-8)14(12,13)9(2)7-11/h3-6,9,11H,2,7H2,1H3. The molecule has 77 valence electrons. The molecule has 1 unspecified atom stereocenters. The maximum atomic E-state index is 11.7. The van der Waals surface area contributed by atoms with Crippen LogP contribution in [0.4, 0.5) is 0 Å². The molecule has 14 heavy (non-hydrogen) atoms. The highest BCUT2D eigenvalue weighted by atomic mass is 32.2. The first kappa shape index (κ1) is 11.2. The minimum Gasteiger partial charge on any atom is -0.395 e. The van der Waals surface area contributed by atoms with Crippen molar-refractivity contribution in [2.45, 2.75) is 17.1 Å². The number of aliphatic hydroxyl groups excluding tert-OH is 1. The summed E-state index contributed by atoms with van der Waals surface area (Å²) in [5.74, 6) is 0. The molecule has 0 saturated heterocycles. The Morgan fingerprint density at radius 2 is 1.86 bits per heavy atom. The molecule has 0 bridgehead atoms. The van der Waals surface area contributed by atoms with Crippen molar-refractivity contribution < 1.29 is 13.5 Å². The topological polar surface area (TPSA) is 54.4 Å². The Bertz CT molecular complexity index is 392. The lowest BCUT2D eigenvalue weighted by Gasteiger charge is -2.09. The van der Waals surface area contributed by atoms with Gasteiger partial charge in [-0.3, -0.25) is 0 Å². The van der Waals surface area contributed by atoms with Crippen molar-refractivity contribution in [1.29, 1.82) is 0 Å². The number of sulfone groups is 1. The summed E-state index contributed by atoms with van der Waals surface area (Å²) < 4.78 is 23.3. The fraction of sp³-hybridized carbons (Fsp3) is 0.300. The van der Waals surface area contributed by atoms with Gasteiger partial charge in [-0.15, -0.1) is 0 Å². The SMILES string of the molecule is [CH2]C(CO)S(=O)(=O)c1ccc(C)cc1. The summed E-state index contributed by atoms with van der Waals surface area (Å²) in [5, 5.41) is 7.75. The van der Waals surface area contributed by atoms with Crippen molar-refractivity contribution in [3.8, 4) is 0 Å². The van der Waals surface area contributed by atoms with E-state index in [1.54, 1.807) is 12.1 Å². The number of rotatable bonds is 3. The number of aliphatic hydroxyl groups is 1. The molecule has 0 fully saturated rings. The van der Waals surface area contributed by atoms with Crippen LogP contribution in [-0.2, 0) is 9.84 Å². The van der Waals surface area contributed by atoms with Crippen molar-refractivity contribution in [3.05, 3.63) is 36.8 Å². The average molecular weight is 213 g/mol. The predicted molar refractivity (Wildman–Crippen MR) is 54.6 cm³/mol. The van der Waals surface area contributed by atoms with E-state index in [0.717, 1.165) is 5.56 Å². The van der Waals surface area contributed by atoms with Crippen LogP contribution in [0.2, 0.25) is 0 Å². The molecule has 0 heterocycles. The normalized spacial score (nSPS) is 13.9. The summed E-state index contributed by atoms with van der Waals surface area (Å²) in [6, 6.07) is 6.49. The highest BCUT2D eigenvalue weighted by Gasteiger charge is 2.21. The van der Waals surface area contributed by atoms with E-state index < -0.39 is 21.7 Å². The van der Waals surface area contributed by atoms with Gasteiger partial charge in [-0.05, 0) is 26.0 Å². The summed E-state index contributed by atoms with van der Waals surface area (Å²) in [6.45, 7) is 4.81. The van der Waals surface area contributed by atoms with Crippen LogP contribution in [0.1, 0.15) is 5.56 Å². The van der Waals surface area contributed by atoms with Crippen LogP contribution in [-0.4, -0.2) is 25.4 Å². The first-order valence-corrected chi connectivity index (χ1v) is 5.77. The van der Waals surface area contributed by atoms with Crippen LogP contribution in [0.25, 0.3) is 0 Å². The number of hydrogen-bond donors (Lipinski definition) is 1. The first-order chi connectivity index (χ1) is 6.48. The van der Waals surface area contributed by atoms with Gasteiger partial charge in [0, 0.05) is 0 Å². The van der Waals surface area contributed by atoms with Gasteiger partial charge in [-0.2, -0.15) is 0 Å². The second kappa shape index (κ2) is 4.11. The number of benzene rings is 1. The van der Waals surface area contributed by atoms with Crippen LogP contribution in [0.3, 0.4) is 0 Å². The van der Waals surface area contributed by atoms with E-state index in [-0.39, 0.29) is 4.90 Å². The van der Waals surface area contributed by atoms with Crippen molar-refractivity contribution in [2.75, 3.05) is 6.61 Å². The number of aryl methyl sites for hydroxylation is 1. The summed E-state index contributed by atoms with van der Waals surface area (Å²) in [6.07, 6.45) is 0. The zero-order valence-corrected chi connectivity index (χ0v) is 8.79. The summed E-state index contributed by atoms with van der Waals surface area (Å²) in [5.41, 5.74) is 0.994. The smallest absolute Gasteiger partial charge is 0.183 e. The van der Waals surface area contributed by atoms with Crippen LogP contribution in [0.5, 0.6) is 0 Å². The molecule has 4 heteroatoms. The second-order valence-corrected chi connectivity index (χ2v) is 5.39. The molecule has 0 saturated carbocycles.